The maximum Gasteiger partial charge on any atom is 0.227 e. The van der Waals surface area contributed by atoms with Crippen LogP contribution in [-0.4, -0.2) is 41.1 Å². The zero-order valence-electron chi connectivity index (χ0n) is 16.6. The van der Waals surface area contributed by atoms with E-state index in [0.29, 0.717) is 24.1 Å². The molecular formula is C23H25N3O3. The minimum atomic E-state index is 0.150. The van der Waals surface area contributed by atoms with E-state index >= 15 is 0 Å². The molecule has 0 spiro atoms. The van der Waals surface area contributed by atoms with Crippen molar-refractivity contribution < 1.29 is 14.1 Å². The number of hydrogen-bond acceptors (Lipinski definition) is 5. The molecule has 4 rings (SSSR count). The van der Waals surface area contributed by atoms with Crippen molar-refractivity contribution in [3.8, 4) is 17.1 Å². The van der Waals surface area contributed by atoms with Gasteiger partial charge >= 0.3 is 0 Å². The molecule has 0 bridgehead atoms. The van der Waals surface area contributed by atoms with Crippen LogP contribution in [0.5, 0.6) is 5.75 Å². The van der Waals surface area contributed by atoms with Crippen LogP contribution < -0.4 is 4.74 Å². The highest BCUT2D eigenvalue weighted by Gasteiger charge is 2.25. The van der Waals surface area contributed by atoms with Crippen molar-refractivity contribution in [3.63, 3.8) is 0 Å². The molecular weight excluding hydrogens is 366 g/mol. The number of carbonyl (C=O) groups is 1. The van der Waals surface area contributed by atoms with E-state index in [4.69, 9.17) is 9.26 Å². The van der Waals surface area contributed by atoms with Crippen LogP contribution in [0.4, 0.5) is 0 Å². The largest absolute Gasteiger partial charge is 0.496 e. The van der Waals surface area contributed by atoms with Gasteiger partial charge in [-0.1, -0.05) is 53.7 Å². The maximum atomic E-state index is 12.7. The number of piperidine rings is 1. The zero-order valence-corrected chi connectivity index (χ0v) is 16.6. The number of benzene rings is 2. The predicted octanol–water partition coefficient (Wildman–Crippen LogP) is 3.77. The molecule has 0 unspecified atom stereocenters. The molecule has 3 aromatic rings. The Balaban J connectivity index is 1.29. The molecule has 0 radical (unpaired) electrons. The number of nitrogens with zero attached hydrogens (tertiary/aromatic N) is 3. The summed E-state index contributed by atoms with van der Waals surface area (Å²) in [5.41, 5.74) is 1.89. The SMILES string of the molecule is COc1ccccc1CC(=O)N1CCC(Cc2nc(-c3ccccc3)no2)CC1. The Kier molecular flexibility index (Phi) is 5.89. The molecule has 1 fully saturated rings. The number of carbonyl (C=O) groups excluding carboxylic acids is 1. The van der Waals surface area contributed by atoms with Crippen LogP contribution in [0, 0.1) is 5.92 Å². The topological polar surface area (TPSA) is 68.5 Å². The van der Waals surface area contributed by atoms with Gasteiger partial charge in [0, 0.05) is 30.6 Å². The molecule has 1 saturated heterocycles. The lowest BCUT2D eigenvalue weighted by Crippen LogP contribution is -2.39. The first-order valence-corrected chi connectivity index (χ1v) is 10.0. The number of aromatic nitrogens is 2. The van der Waals surface area contributed by atoms with Crippen molar-refractivity contribution >= 4 is 5.91 Å². The number of methoxy groups -OCH3 is 1. The quantitative estimate of drug-likeness (QED) is 0.640. The first-order chi connectivity index (χ1) is 14.2. The summed E-state index contributed by atoms with van der Waals surface area (Å²) in [7, 11) is 1.63. The number of para-hydroxylation sites is 1. The highest BCUT2D eigenvalue weighted by atomic mass is 16.5. The van der Waals surface area contributed by atoms with Gasteiger partial charge in [-0.25, -0.2) is 0 Å². The first kappa shape index (κ1) is 19.2. The first-order valence-electron chi connectivity index (χ1n) is 10.0. The average molecular weight is 391 g/mol. The van der Waals surface area contributed by atoms with Crippen molar-refractivity contribution in [1.82, 2.24) is 15.0 Å². The standard InChI is InChI=1S/C23H25N3O3/c1-28-20-10-6-5-9-19(20)16-22(27)26-13-11-17(12-14-26)15-21-24-23(25-29-21)18-7-3-2-4-8-18/h2-10,17H,11-16H2,1H3. The van der Waals surface area contributed by atoms with Gasteiger partial charge in [-0.3, -0.25) is 4.79 Å². The lowest BCUT2D eigenvalue weighted by atomic mass is 9.93. The monoisotopic (exact) mass is 391 g/mol. The van der Waals surface area contributed by atoms with Gasteiger partial charge in [0.25, 0.3) is 0 Å². The van der Waals surface area contributed by atoms with E-state index in [-0.39, 0.29) is 5.91 Å². The molecule has 0 aliphatic carbocycles. The summed E-state index contributed by atoms with van der Waals surface area (Å²) < 4.78 is 10.8. The fraction of sp³-hybridized carbons (Fsp3) is 0.348. The molecule has 0 N–H and O–H groups in total. The van der Waals surface area contributed by atoms with Crippen LogP contribution in [0.2, 0.25) is 0 Å². The summed E-state index contributed by atoms with van der Waals surface area (Å²) in [5, 5.41) is 4.10. The maximum absolute atomic E-state index is 12.7. The van der Waals surface area contributed by atoms with Gasteiger partial charge in [0.05, 0.1) is 13.5 Å². The zero-order chi connectivity index (χ0) is 20.1. The van der Waals surface area contributed by atoms with E-state index in [0.717, 1.165) is 49.2 Å². The van der Waals surface area contributed by atoms with Crippen molar-refractivity contribution in [2.75, 3.05) is 20.2 Å². The molecule has 150 valence electrons. The minimum Gasteiger partial charge on any atom is -0.496 e. The summed E-state index contributed by atoms with van der Waals surface area (Å²) in [6.07, 6.45) is 3.02. The molecule has 2 heterocycles. The fourth-order valence-corrected chi connectivity index (χ4v) is 3.80. The fourth-order valence-electron chi connectivity index (χ4n) is 3.80. The molecule has 6 heteroatoms. The molecule has 1 amide bonds. The number of ether oxygens (including phenoxy) is 1. The number of hydrogen-bond donors (Lipinski definition) is 0. The van der Waals surface area contributed by atoms with Crippen molar-refractivity contribution in [1.29, 1.82) is 0 Å². The highest BCUT2D eigenvalue weighted by molar-refractivity contribution is 5.79. The Labute approximate surface area is 170 Å². The third-order valence-electron chi connectivity index (χ3n) is 5.46. The van der Waals surface area contributed by atoms with Crippen LogP contribution in [0.1, 0.15) is 24.3 Å². The van der Waals surface area contributed by atoms with Crippen LogP contribution >= 0.6 is 0 Å². The highest BCUT2D eigenvalue weighted by Crippen LogP contribution is 2.24. The van der Waals surface area contributed by atoms with Gasteiger partial charge < -0.3 is 14.2 Å². The van der Waals surface area contributed by atoms with Crippen LogP contribution in [0.3, 0.4) is 0 Å². The van der Waals surface area contributed by atoms with E-state index in [1.165, 1.54) is 0 Å². The van der Waals surface area contributed by atoms with Gasteiger partial charge in [0.1, 0.15) is 5.75 Å². The lowest BCUT2D eigenvalue weighted by Gasteiger charge is -2.31. The molecule has 1 aromatic heterocycles. The van der Waals surface area contributed by atoms with Gasteiger partial charge in [0.2, 0.25) is 17.6 Å². The average Bonchev–Trinajstić information content (AvgIpc) is 3.24. The van der Waals surface area contributed by atoms with E-state index in [9.17, 15) is 4.79 Å². The molecule has 29 heavy (non-hydrogen) atoms. The Hall–Kier alpha value is -3.15. The predicted molar refractivity (Wildman–Crippen MR) is 109 cm³/mol. The molecule has 0 atom stereocenters. The Morgan fingerprint density at radius 2 is 1.83 bits per heavy atom. The van der Waals surface area contributed by atoms with E-state index in [1.807, 2.05) is 59.5 Å². The normalized spacial score (nSPS) is 14.7. The van der Waals surface area contributed by atoms with Gasteiger partial charge in [-0.15, -0.1) is 0 Å². The number of likely N-dealkylation sites (tertiary alicyclic amines) is 1. The summed E-state index contributed by atoms with van der Waals surface area (Å²) in [5.74, 6) is 2.67. The van der Waals surface area contributed by atoms with Crippen LogP contribution in [0.25, 0.3) is 11.4 Å². The van der Waals surface area contributed by atoms with Gasteiger partial charge in [-0.2, -0.15) is 4.98 Å². The Bertz CT molecular complexity index is 947. The summed E-state index contributed by atoms with van der Waals surface area (Å²) in [6.45, 7) is 1.52. The van der Waals surface area contributed by atoms with Crippen molar-refractivity contribution in [2.24, 2.45) is 5.92 Å². The van der Waals surface area contributed by atoms with E-state index in [1.54, 1.807) is 7.11 Å². The number of amides is 1. The lowest BCUT2D eigenvalue weighted by molar-refractivity contribution is -0.131. The molecule has 2 aromatic carbocycles. The molecule has 1 aliphatic rings. The third kappa shape index (κ3) is 4.65. The second kappa shape index (κ2) is 8.90. The van der Waals surface area contributed by atoms with Crippen LogP contribution in [-0.2, 0) is 17.6 Å². The number of rotatable bonds is 6. The summed E-state index contributed by atoms with van der Waals surface area (Å²) in [4.78, 5) is 19.2. The van der Waals surface area contributed by atoms with Gasteiger partial charge in [0.15, 0.2) is 0 Å². The molecule has 1 aliphatic heterocycles. The Morgan fingerprint density at radius 3 is 2.59 bits per heavy atom. The summed E-state index contributed by atoms with van der Waals surface area (Å²) in [6, 6.07) is 17.5. The second-order valence-corrected chi connectivity index (χ2v) is 7.39. The van der Waals surface area contributed by atoms with Crippen LogP contribution in [0.15, 0.2) is 59.1 Å². The van der Waals surface area contributed by atoms with Crippen molar-refractivity contribution in [2.45, 2.75) is 25.7 Å². The third-order valence-corrected chi connectivity index (χ3v) is 5.46. The minimum absolute atomic E-state index is 0.150. The second-order valence-electron chi connectivity index (χ2n) is 7.39. The van der Waals surface area contributed by atoms with E-state index < -0.39 is 0 Å². The van der Waals surface area contributed by atoms with E-state index in [2.05, 4.69) is 10.1 Å². The molecule has 6 nitrogen and oxygen atoms in total. The summed E-state index contributed by atoms with van der Waals surface area (Å²) >= 11 is 0. The smallest absolute Gasteiger partial charge is 0.227 e. The van der Waals surface area contributed by atoms with Gasteiger partial charge in [-0.05, 0) is 24.8 Å². The Morgan fingerprint density at radius 1 is 1.10 bits per heavy atom. The van der Waals surface area contributed by atoms with Crippen molar-refractivity contribution in [3.05, 3.63) is 66.1 Å². The molecule has 0 saturated carbocycles.